The molecule has 1 heterocycles. The standard InChI is InChI=1S/C14H15N3O3S/c15-10-3-5-12(6-4-10)21-9-13(18)17-14(19)16-8-11-2-1-7-20-11/h1-7H,8-9,15H2,(H2,16,17,18,19). The van der Waals surface area contributed by atoms with Crippen molar-refractivity contribution >= 4 is 29.4 Å². The lowest BCUT2D eigenvalue weighted by Crippen LogP contribution is -2.39. The van der Waals surface area contributed by atoms with Gasteiger partial charge in [0.2, 0.25) is 5.91 Å². The van der Waals surface area contributed by atoms with Crippen LogP contribution in [0.5, 0.6) is 0 Å². The maximum atomic E-state index is 11.6. The smallest absolute Gasteiger partial charge is 0.321 e. The molecule has 0 radical (unpaired) electrons. The van der Waals surface area contributed by atoms with Crippen molar-refractivity contribution in [2.45, 2.75) is 11.4 Å². The molecule has 0 aliphatic rings. The highest BCUT2D eigenvalue weighted by Gasteiger charge is 2.08. The largest absolute Gasteiger partial charge is 0.467 e. The van der Waals surface area contributed by atoms with Crippen LogP contribution < -0.4 is 16.4 Å². The summed E-state index contributed by atoms with van der Waals surface area (Å²) in [6.45, 7) is 0.233. The first kappa shape index (κ1) is 15.0. The molecule has 3 amide bonds. The second kappa shape index (κ2) is 7.39. The van der Waals surface area contributed by atoms with E-state index in [1.165, 1.54) is 18.0 Å². The molecular weight excluding hydrogens is 290 g/mol. The number of carbonyl (C=O) groups is 2. The summed E-state index contributed by atoms with van der Waals surface area (Å²) in [6.07, 6.45) is 1.52. The Bertz CT molecular complexity index is 596. The van der Waals surface area contributed by atoms with Crippen molar-refractivity contribution in [1.82, 2.24) is 10.6 Å². The summed E-state index contributed by atoms with van der Waals surface area (Å²) >= 11 is 1.33. The molecule has 110 valence electrons. The summed E-state index contributed by atoms with van der Waals surface area (Å²) in [4.78, 5) is 24.0. The van der Waals surface area contributed by atoms with Crippen LogP contribution in [0.15, 0.2) is 52.0 Å². The number of hydrogen-bond donors (Lipinski definition) is 3. The van der Waals surface area contributed by atoms with E-state index in [0.29, 0.717) is 11.4 Å². The predicted molar refractivity (Wildman–Crippen MR) is 80.7 cm³/mol. The first-order valence-corrected chi connectivity index (χ1v) is 7.20. The molecular formula is C14H15N3O3S. The molecule has 0 spiro atoms. The molecule has 0 aliphatic heterocycles. The van der Waals surface area contributed by atoms with E-state index in [1.807, 2.05) is 12.1 Å². The summed E-state index contributed by atoms with van der Waals surface area (Å²) in [5.74, 6) is 0.403. The molecule has 1 aromatic heterocycles. The molecule has 1 aromatic carbocycles. The second-order valence-corrected chi connectivity index (χ2v) is 5.22. The van der Waals surface area contributed by atoms with E-state index < -0.39 is 6.03 Å². The van der Waals surface area contributed by atoms with E-state index in [-0.39, 0.29) is 18.2 Å². The van der Waals surface area contributed by atoms with Gasteiger partial charge in [-0.25, -0.2) is 4.79 Å². The van der Waals surface area contributed by atoms with Crippen LogP contribution in [0.4, 0.5) is 10.5 Å². The van der Waals surface area contributed by atoms with Crippen LogP contribution in [0.2, 0.25) is 0 Å². The Labute approximate surface area is 126 Å². The van der Waals surface area contributed by atoms with Crippen molar-refractivity contribution in [3.8, 4) is 0 Å². The van der Waals surface area contributed by atoms with Crippen LogP contribution in [0.1, 0.15) is 5.76 Å². The second-order valence-electron chi connectivity index (χ2n) is 4.17. The molecule has 0 saturated carbocycles. The number of anilines is 1. The summed E-state index contributed by atoms with van der Waals surface area (Å²) < 4.78 is 5.06. The fourth-order valence-electron chi connectivity index (χ4n) is 1.50. The van der Waals surface area contributed by atoms with Crippen LogP contribution in [-0.2, 0) is 11.3 Å². The summed E-state index contributed by atoms with van der Waals surface area (Å²) in [5.41, 5.74) is 6.24. The van der Waals surface area contributed by atoms with Gasteiger partial charge in [-0.3, -0.25) is 10.1 Å². The molecule has 6 nitrogen and oxygen atoms in total. The van der Waals surface area contributed by atoms with Gasteiger partial charge < -0.3 is 15.5 Å². The van der Waals surface area contributed by atoms with Gasteiger partial charge >= 0.3 is 6.03 Å². The van der Waals surface area contributed by atoms with E-state index >= 15 is 0 Å². The molecule has 0 bridgehead atoms. The minimum atomic E-state index is -0.547. The molecule has 4 N–H and O–H groups in total. The van der Waals surface area contributed by atoms with Gasteiger partial charge in [-0.1, -0.05) is 0 Å². The number of urea groups is 1. The first-order chi connectivity index (χ1) is 10.1. The van der Waals surface area contributed by atoms with Crippen molar-refractivity contribution in [2.75, 3.05) is 11.5 Å². The van der Waals surface area contributed by atoms with E-state index in [1.54, 1.807) is 24.3 Å². The van der Waals surface area contributed by atoms with Gasteiger partial charge in [0, 0.05) is 10.6 Å². The molecule has 0 saturated heterocycles. The number of hydrogen-bond acceptors (Lipinski definition) is 5. The SMILES string of the molecule is Nc1ccc(SCC(=O)NC(=O)NCc2ccco2)cc1. The molecule has 2 rings (SSSR count). The van der Waals surface area contributed by atoms with Crippen LogP contribution in [0.3, 0.4) is 0 Å². The summed E-state index contributed by atoms with van der Waals surface area (Å²) in [7, 11) is 0. The lowest BCUT2D eigenvalue weighted by atomic mass is 10.3. The Hall–Kier alpha value is -2.41. The van der Waals surface area contributed by atoms with E-state index in [0.717, 1.165) is 4.90 Å². The summed E-state index contributed by atoms with van der Waals surface area (Å²) in [6, 6.07) is 10.1. The van der Waals surface area contributed by atoms with Gasteiger partial charge in [-0.05, 0) is 36.4 Å². The number of benzene rings is 1. The Morgan fingerprint density at radius 3 is 2.62 bits per heavy atom. The minimum absolute atomic E-state index is 0.151. The summed E-state index contributed by atoms with van der Waals surface area (Å²) in [5, 5.41) is 4.78. The number of imide groups is 1. The fraction of sp³-hybridized carbons (Fsp3) is 0.143. The highest BCUT2D eigenvalue weighted by molar-refractivity contribution is 8.00. The third kappa shape index (κ3) is 5.23. The van der Waals surface area contributed by atoms with E-state index in [4.69, 9.17) is 10.2 Å². The Morgan fingerprint density at radius 1 is 1.19 bits per heavy atom. The Kier molecular flexibility index (Phi) is 5.28. The number of nitrogens with two attached hydrogens (primary N) is 1. The maximum Gasteiger partial charge on any atom is 0.321 e. The third-order valence-electron chi connectivity index (χ3n) is 2.51. The highest BCUT2D eigenvalue weighted by atomic mass is 32.2. The van der Waals surface area contributed by atoms with Gasteiger partial charge in [0.15, 0.2) is 0 Å². The zero-order valence-electron chi connectivity index (χ0n) is 11.2. The van der Waals surface area contributed by atoms with Gasteiger partial charge in [0.05, 0.1) is 18.6 Å². The molecule has 0 fully saturated rings. The number of nitrogen functional groups attached to an aromatic ring is 1. The van der Waals surface area contributed by atoms with Crippen LogP contribution in [0, 0.1) is 0 Å². The van der Waals surface area contributed by atoms with Gasteiger partial charge in [0.25, 0.3) is 0 Å². The zero-order valence-corrected chi connectivity index (χ0v) is 12.0. The minimum Gasteiger partial charge on any atom is -0.467 e. The van der Waals surface area contributed by atoms with Crippen molar-refractivity contribution < 1.29 is 14.0 Å². The third-order valence-corrected chi connectivity index (χ3v) is 3.52. The average molecular weight is 305 g/mol. The lowest BCUT2D eigenvalue weighted by molar-refractivity contribution is -0.117. The van der Waals surface area contributed by atoms with Crippen molar-refractivity contribution in [2.24, 2.45) is 0 Å². The zero-order chi connectivity index (χ0) is 15.1. The normalized spacial score (nSPS) is 10.1. The monoisotopic (exact) mass is 305 g/mol. The van der Waals surface area contributed by atoms with Crippen molar-refractivity contribution in [1.29, 1.82) is 0 Å². The predicted octanol–water partition coefficient (Wildman–Crippen LogP) is 1.98. The van der Waals surface area contributed by atoms with Crippen LogP contribution in [0.25, 0.3) is 0 Å². The van der Waals surface area contributed by atoms with Crippen molar-refractivity contribution in [3.63, 3.8) is 0 Å². The molecule has 7 heteroatoms. The van der Waals surface area contributed by atoms with Crippen LogP contribution >= 0.6 is 11.8 Å². The molecule has 0 aliphatic carbocycles. The quantitative estimate of drug-likeness (QED) is 0.579. The maximum absolute atomic E-state index is 11.6. The fourth-order valence-corrected chi connectivity index (χ4v) is 2.20. The number of amides is 3. The van der Waals surface area contributed by atoms with E-state index in [2.05, 4.69) is 10.6 Å². The Morgan fingerprint density at radius 2 is 1.95 bits per heavy atom. The number of thioether (sulfide) groups is 1. The highest BCUT2D eigenvalue weighted by Crippen LogP contribution is 2.18. The first-order valence-electron chi connectivity index (χ1n) is 6.22. The van der Waals surface area contributed by atoms with E-state index in [9.17, 15) is 9.59 Å². The van der Waals surface area contributed by atoms with Gasteiger partial charge in [-0.2, -0.15) is 0 Å². The number of nitrogens with one attached hydrogen (secondary N) is 2. The number of rotatable bonds is 5. The van der Waals surface area contributed by atoms with Gasteiger partial charge in [0.1, 0.15) is 5.76 Å². The van der Waals surface area contributed by atoms with Crippen LogP contribution in [-0.4, -0.2) is 17.7 Å². The topological polar surface area (TPSA) is 97.4 Å². The van der Waals surface area contributed by atoms with Crippen molar-refractivity contribution in [3.05, 3.63) is 48.4 Å². The average Bonchev–Trinajstić information content (AvgIpc) is 2.98. The molecule has 2 aromatic rings. The molecule has 0 unspecified atom stereocenters. The molecule has 0 atom stereocenters. The van der Waals surface area contributed by atoms with Gasteiger partial charge in [-0.15, -0.1) is 11.8 Å². The lowest BCUT2D eigenvalue weighted by Gasteiger charge is -2.05. The Balaban J connectivity index is 1.68. The number of carbonyl (C=O) groups excluding carboxylic acids is 2. The molecule has 21 heavy (non-hydrogen) atoms. The number of furan rings is 1.